The molecule has 0 unspecified atom stereocenters. The molecule has 3 aromatic rings. The van der Waals surface area contributed by atoms with Crippen molar-refractivity contribution in [2.45, 2.75) is 50.9 Å². The van der Waals surface area contributed by atoms with Crippen molar-refractivity contribution < 1.29 is 19.2 Å². The minimum Gasteiger partial charge on any atom is -0.361 e. The quantitative estimate of drug-likeness (QED) is 0.299. The number of carbonyl (C=O) groups excluding carboxylic acids is 4. The summed E-state index contributed by atoms with van der Waals surface area (Å²) in [7, 11) is 0. The Morgan fingerprint density at radius 3 is 2.11 bits per heavy atom. The third-order valence-electron chi connectivity index (χ3n) is 6.67. The van der Waals surface area contributed by atoms with Crippen LogP contribution in [0.15, 0.2) is 60.8 Å². The Morgan fingerprint density at radius 1 is 0.684 bits per heavy atom. The average molecular weight is 519 g/mol. The number of aromatic nitrogens is 1. The minimum atomic E-state index is -0.934. The first-order valence-electron chi connectivity index (χ1n) is 12.8. The van der Waals surface area contributed by atoms with E-state index >= 15 is 0 Å². The largest absolute Gasteiger partial charge is 0.361 e. The summed E-state index contributed by atoms with van der Waals surface area (Å²) in [5.74, 6) is -1.68. The molecule has 2 aromatic carbocycles. The van der Waals surface area contributed by atoms with Crippen LogP contribution < -0.4 is 26.6 Å². The van der Waals surface area contributed by atoms with Gasteiger partial charge in [-0.25, -0.2) is 0 Å². The summed E-state index contributed by atoms with van der Waals surface area (Å²) >= 11 is 0. The maximum absolute atomic E-state index is 13.3. The van der Waals surface area contributed by atoms with Crippen LogP contribution in [0.2, 0.25) is 0 Å². The van der Waals surface area contributed by atoms with Crippen molar-refractivity contribution in [2.75, 3.05) is 13.1 Å². The monoisotopic (exact) mass is 518 g/mol. The van der Waals surface area contributed by atoms with Gasteiger partial charge in [-0.1, -0.05) is 48.5 Å². The number of hydrogen-bond donors (Lipinski definition) is 6. The van der Waals surface area contributed by atoms with Crippen molar-refractivity contribution >= 4 is 34.5 Å². The maximum Gasteiger partial charge on any atom is 0.243 e. The molecule has 1 aliphatic rings. The molecule has 2 heterocycles. The summed E-state index contributed by atoms with van der Waals surface area (Å²) in [6, 6.07) is 13.8. The van der Waals surface area contributed by atoms with Gasteiger partial charge in [0.15, 0.2) is 0 Å². The summed E-state index contributed by atoms with van der Waals surface area (Å²) in [5.41, 5.74) is 2.69. The van der Waals surface area contributed by atoms with E-state index in [9.17, 15) is 19.2 Å². The zero-order valence-corrected chi connectivity index (χ0v) is 21.5. The molecule has 10 nitrogen and oxygen atoms in total. The Balaban J connectivity index is 1.55. The van der Waals surface area contributed by atoms with E-state index in [1.165, 1.54) is 0 Å². The molecule has 0 aliphatic carbocycles. The highest BCUT2D eigenvalue weighted by Gasteiger charge is 2.29. The molecule has 4 atom stereocenters. The second-order valence-electron chi connectivity index (χ2n) is 9.57. The second-order valence-corrected chi connectivity index (χ2v) is 9.57. The van der Waals surface area contributed by atoms with E-state index in [0.29, 0.717) is 13.0 Å². The van der Waals surface area contributed by atoms with Crippen molar-refractivity contribution in [3.05, 3.63) is 71.9 Å². The number of carbonyl (C=O) groups is 4. The van der Waals surface area contributed by atoms with E-state index in [4.69, 9.17) is 0 Å². The van der Waals surface area contributed by atoms with Gasteiger partial charge in [0, 0.05) is 43.0 Å². The molecule has 10 heteroatoms. The van der Waals surface area contributed by atoms with Crippen LogP contribution in [0, 0.1) is 0 Å². The van der Waals surface area contributed by atoms with Crippen molar-refractivity contribution in [3.8, 4) is 0 Å². The van der Waals surface area contributed by atoms with Gasteiger partial charge in [-0.15, -0.1) is 0 Å². The van der Waals surface area contributed by atoms with E-state index in [2.05, 4.69) is 31.6 Å². The molecular weight excluding hydrogens is 484 g/mol. The molecule has 0 bridgehead atoms. The smallest absolute Gasteiger partial charge is 0.243 e. The Morgan fingerprint density at radius 2 is 1.34 bits per heavy atom. The van der Waals surface area contributed by atoms with Gasteiger partial charge in [-0.05, 0) is 31.0 Å². The molecule has 1 aromatic heterocycles. The van der Waals surface area contributed by atoms with Gasteiger partial charge in [0.05, 0.1) is 6.04 Å². The summed E-state index contributed by atoms with van der Waals surface area (Å²) in [6.07, 6.45) is 2.36. The molecule has 38 heavy (non-hydrogen) atoms. The van der Waals surface area contributed by atoms with Crippen molar-refractivity contribution in [3.63, 3.8) is 0 Å². The van der Waals surface area contributed by atoms with Crippen LogP contribution in [0.25, 0.3) is 10.9 Å². The predicted molar refractivity (Wildman–Crippen MR) is 144 cm³/mol. The molecule has 6 N–H and O–H groups in total. The molecule has 0 saturated carbocycles. The molecule has 200 valence electrons. The van der Waals surface area contributed by atoms with Crippen LogP contribution in [0.5, 0.6) is 0 Å². The number of hydrogen-bond acceptors (Lipinski definition) is 5. The lowest BCUT2D eigenvalue weighted by atomic mass is 10.0. The highest BCUT2D eigenvalue weighted by Crippen LogP contribution is 2.19. The SMILES string of the molecule is C[C@@H]1NC(=O)[C@@H](Cc2c[nH]c3ccccc23)NC(=O)[C@@H](C)NCCNC(=O)[C@H](Cc2ccccc2)NC1=O. The summed E-state index contributed by atoms with van der Waals surface area (Å²) in [4.78, 5) is 55.4. The van der Waals surface area contributed by atoms with E-state index < -0.39 is 36.0 Å². The Hall–Kier alpha value is -4.18. The molecular formula is C28H34N6O4. The lowest BCUT2D eigenvalue weighted by Gasteiger charge is -2.24. The fourth-order valence-electron chi connectivity index (χ4n) is 4.45. The Kier molecular flexibility index (Phi) is 8.75. The summed E-state index contributed by atoms with van der Waals surface area (Å²) in [5, 5.41) is 15.2. The minimum absolute atomic E-state index is 0.235. The first-order chi connectivity index (χ1) is 18.3. The summed E-state index contributed by atoms with van der Waals surface area (Å²) < 4.78 is 0. The third kappa shape index (κ3) is 6.77. The first kappa shape index (κ1) is 26.9. The van der Waals surface area contributed by atoms with Gasteiger partial charge in [-0.2, -0.15) is 0 Å². The second kappa shape index (κ2) is 12.4. The molecule has 1 aliphatic heterocycles. The van der Waals surface area contributed by atoms with Gasteiger partial charge in [0.1, 0.15) is 18.1 Å². The standard InChI is InChI=1S/C28H34N6O4/c1-17-25(35)34-24(15-20-16-31-22-11-7-6-10-21(20)22)28(38)32-18(2)26(36)33-23(27(37)30-13-12-29-17)14-19-8-4-3-5-9-19/h3-11,16-18,23-24,29,31H,12-15H2,1-2H3,(H,30,37)(H,32,38)(H,33,36)(H,34,35)/t17-,18+,23+,24-/m1/s1. The number of rotatable bonds is 4. The highest BCUT2D eigenvalue weighted by atomic mass is 16.2. The number of nitrogens with one attached hydrogen (secondary N) is 6. The van der Waals surface area contributed by atoms with Crippen LogP contribution in [0.3, 0.4) is 0 Å². The van der Waals surface area contributed by atoms with Crippen LogP contribution in [-0.2, 0) is 32.0 Å². The van der Waals surface area contributed by atoms with Gasteiger partial charge in [0.25, 0.3) is 0 Å². The van der Waals surface area contributed by atoms with Crippen LogP contribution >= 0.6 is 0 Å². The molecule has 1 saturated heterocycles. The number of benzene rings is 2. The van der Waals surface area contributed by atoms with Crippen LogP contribution in [0.4, 0.5) is 0 Å². The van der Waals surface area contributed by atoms with Gasteiger partial charge < -0.3 is 31.6 Å². The number of fused-ring (bicyclic) bond motifs is 1. The lowest BCUT2D eigenvalue weighted by Crippen LogP contribution is -2.57. The van der Waals surface area contributed by atoms with E-state index in [1.54, 1.807) is 13.8 Å². The Bertz CT molecular complexity index is 1290. The number of aromatic amines is 1. The van der Waals surface area contributed by atoms with E-state index in [-0.39, 0.29) is 24.8 Å². The van der Waals surface area contributed by atoms with Gasteiger partial charge in [-0.3, -0.25) is 19.2 Å². The molecule has 1 fully saturated rings. The molecule has 0 spiro atoms. The topological polar surface area (TPSA) is 144 Å². The molecule has 4 rings (SSSR count). The maximum atomic E-state index is 13.3. The zero-order valence-electron chi connectivity index (χ0n) is 21.5. The fourth-order valence-corrected chi connectivity index (χ4v) is 4.45. The number of para-hydroxylation sites is 1. The van der Waals surface area contributed by atoms with Crippen LogP contribution in [-0.4, -0.2) is 65.9 Å². The number of amides is 4. The van der Waals surface area contributed by atoms with Crippen LogP contribution in [0.1, 0.15) is 25.0 Å². The average Bonchev–Trinajstić information content (AvgIpc) is 3.32. The van der Waals surface area contributed by atoms with Crippen molar-refractivity contribution in [1.82, 2.24) is 31.6 Å². The highest BCUT2D eigenvalue weighted by molar-refractivity contribution is 5.95. The summed E-state index contributed by atoms with van der Waals surface area (Å²) in [6.45, 7) is 3.85. The first-order valence-corrected chi connectivity index (χ1v) is 12.8. The molecule has 4 amide bonds. The molecule has 0 radical (unpaired) electrons. The van der Waals surface area contributed by atoms with E-state index in [0.717, 1.165) is 22.0 Å². The number of H-pyrrole nitrogens is 1. The fraction of sp³-hybridized carbons (Fsp3) is 0.357. The Labute approximate surface area is 221 Å². The van der Waals surface area contributed by atoms with E-state index in [1.807, 2.05) is 60.8 Å². The van der Waals surface area contributed by atoms with Crippen molar-refractivity contribution in [2.24, 2.45) is 0 Å². The third-order valence-corrected chi connectivity index (χ3v) is 6.67. The normalized spacial score (nSPS) is 23.9. The zero-order chi connectivity index (χ0) is 27.1. The van der Waals surface area contributed by atoms with Crippen molar-refractivity contribution in [1.29, 1.82) is 0 Å². The predicted octanol–water partition coefficient (Wildman–Crippen LogP) is 0.535. The van der Waals surface area contributed by atoms with Gasteiger partial charge in [0.2, 0.25) is 23.6 Å². The van der Waals surface area contributed by atoms with Gasteiger partial charge >= 0.3 is 0 Å². The lowest BCUT2D eigenvalue weighted by molar-refractivity contribution is -0.133.